The Morgan fingerprint density at radius 2 is 2.11 bits per heavy atom. The van der Waals surface area contributed by atoms with Crippen molar-refractivity contribution in [2.45, 2.75) is 17.6 Å². The van der Waals surface area contributed by atoms with Crippen molar-refractivity contribution in [3.63, 3.8) is 0 Å². The van der Waals surface area contributed by atoms with E-state index in [0.29, 0.717) is 16.7 Å². The molecule has 1 aromatic heterocycles. The number of halogens is 2. The molecule has 3 heterocycles. The smallest absolute Gasteiger partial charge is 0.155 e. The summed E-state index contributed by atoms with van der Waals surface area (Å²) < 4.78 is 36.3. The summed E-state index contributed by atoms with van der Waals surface area (Å²) in [5, 5.41) is 9.29. The molecule has 5 nitrogen and oxygen atoms in total. The lowest BCUT2D eigenvalue weighted by atomic mass is 9.73. The minimum Gasteiger partial charge on any atom is -0.379 e. The Morgan fingerprint density at radius 1 is 1.26 bits per heavy atom. The van der Waals surface area contributed by atoms with Gasteiger partial charge in [0.15, 0.2) is 10.8 Å². The van der Waals surface area contributed by atoms with E-state index in [0.717, 1.165) is 11.8 Å². The number of amidine groups is 1. The number of benzene rings is 1. The number of nitrogens with two attached hydrogens (primary N) is 1. The highest BCUT2D eigenvalue weighted by atomic mass is 32.2. The number of rotatable bonds is 2. The molecule has 0 spiro atoms. The van der Waals surface area contributed by atoms with Gasteiger partial charge in [-0.15, -0.1) is 0 Å². The van der Waals surface area contributed by atoms with Crippen LogP contribution in [0.4, 0.5) is 8.78 Å². The third-order valence-corrected chi connectivity index (χ3v) is 6.05. The molecule has 138 valence electrons. The number of alkyl halides is 1. The summed E-state index contributed by atoms with van der Waals surface area (Å²) >= 11 is 1.14. The Morgan fingerprint density at radius 3 is 2.93 bits per heavy atom. The number of hydrogen-bond acceptors (Lipinski definition) is 6. The Labute approximate surface area is 159 Å². The number of pyridine rings is 1. The van der Waals surface area contributed by atoms with Gasteiger partial charge in [-0.1, -0.05) is 17.8 Å². The van der Waals surface area contributed by atoms with Crippen molar-refractivity contribution in [2.75, 3.05) is 19.0 Å². The first-order valence-corrected chi connectivity index (χ1v) is 9.36. The van der Waals surface area contributed by atoms with E-state index >= 15 is 4.39 Å². The molecular formula is C19H16F2N4OS. The average Bonchev–Trinajstić information content (AvgIpc) is 2.68. The van der Waals surface area contributed by atoms with Crippen molar-refractivity contribution in [1.29, 1.82) is 5.26 Å². The molecule has 2 atom stereocenters. The molecule has 1 saturated heterocycles. The van der Waals surface area contributed by atoms with E-state index in [-0.39, 0.29) is 36.1 Å². The van der Waals surface area contributed by atoms with Crippen molar-refractivity contribution in [1.82, 2.24) is 4.98 Å². The highest BCUT2D eigenvalue weighted by molar-refractivity contribution is 8.13. The SMILES string of the molecule is N#Cc1cncc(-c2ccc(F)c([C@]34COCC[C@@]3(F)CSC(N)=N4)c2)c1. The molecule has 1 fully saturated rings. The molecule has 0 saturated carbocycles. The first-order chi connectivity index (χ1) is 13.0. The third kappa shape index (κ3) is 2.87. The van der Waals surface area contributed by atoms with Gasteiger partial charge < -0.3 is 10.5 Å². The number of fused-ring (bicyclic) bond motifs is 1. The van der Waals surface area contributed by atoms with Gasteiger partial charge in [0.25, 0.3) is 0 Å². The summed E-state index contributed by atoms with van der Waals surface area (Å²) in [7, 11) is 0. The van der Waals surface area contributed by atoms with Crippen LogP contribution in [0.3, 0.4) is 0 Å². The number of nitriles is 1. The molecule has 8 heteroatoms. The van der Waals surface area contributed by atoms with Crippen LogP contribution in [0, 0.1) is 17.1 Å². The second-order valence-electron chi connectivity index (χ2n) is 6.64. The van der Waals surface area contributed by atoms with Crippen molar-refractivity contribution in [3.8, 4) is 17.2 Å². The summed E-state index contributed by atoms with van der Waals surface area (Å²) in [6, 6.07) is 8.08. The highest BCUT2D eigenvalue weighted by Crippen LogP contribution is 2.50. The molecule has 0 bridgehead atoms. The molecule has 4 rings (SSSR count). The lowest BCUT2D eigenvalue weighted by molar-refractivity contribution is -0.0705. The van der Waals surface area contributed by atoms with Crippen LogP contribution in [-0.2, 0) is 10.3 Å². The van der Waals surface area contributed by atoms with Crippen LogP contribution in [0.25, 0.3) is 11.1 Å². The van der Waals surface area contributed by atoms with Crippen LogP contribution < -0.4 is 5.73 Å². The maximum absolute atomic E-state index is 15.9. The number of hydrogen-bond donors (Lipinski definition) is 1. The number of ether oxygens (including phenoxy) is 1. The molecule has 1 aromatic carbocycles. The number of aromatic nitrogens is 1. The molecule has 0 radical (unpaired) electrons. The maximum Gasteiger partial charge on any atom is 0.155 e. The van der Waals surface area contributed by atoms with E-state index in [1.54, 1.807) is 24.4 Å². The summed E-state index contributed by atoms with van der Waals surface area (Å²) in [6.07, 6.45) is 3.13. The maximum atomic E-state index is 15.9. The third-order valence-electron chi connectivity index (χ3n) is 5.06. The molecule has 27 heavy (non-hydrogen) atoms. The van der Waals surface area contributed by atoms with Crippen molar-refractivity contribution >= 4 is 16.9 Å². The van der Waals surface area contributed by atoms with Gasteiger partial charge in [0.1, 0.15) is 17.4 Å². The monoisotopic (exact) mass is 386 g/mol. The predicted octanol–water partition coefficient (Wildman–Crippen LogP) is 3.14. The fourth-order valence-corrected chi connectivity index (χ4v) is 4.56. The Bertz CT molecular complexity index is 976. The summed E-state index contributed by atoms with van der Waals surface area (Å²) in [4.78, 5) is 8.39. The largest absolute Gasteiger partial charge is 0.379 e. The average molecular weight is 386 g/mol. The zero-order valence-electron chi connectivity index (χ0n) is 14.3. The Hall–Kier alpha value is -2.50. The second-order valence-corrected chi connectivity index (χ2v) is 7.63. The fraction of sp³-hybridized carbons (Fsp3) is 0.316. The minimum atomic E-state index is -1.76. The van der Waals surface area contributed by atoms with Crippen LogP contribution in [0.5, 0.6) is 0 Å². The first-order valence-electron chi connectivity index (χ1n) is 8.38. The minimum absolute atomic E-state index is 0.0817. The van der Waals surface area contributed by atoms with Gasteiger partial charge in [0, 0.05) is 42.3 Å². The van der Waals surface area contributed by atoms with Crippen molar-refractivity contribution in [2.24, 2.45) is 10.7 Å². The topological polar surface area (TPSA) is 84.3 Å². The first kappa shape index (κ1) is 17.9. The Kier molecular flexibility index (Phi) is 4.36. The van der Waals surface area contributed by atoms with E-state index in [1.807, 2.05) is 6.07 Å². The van der Waals surface area contributed by atoms with Crippen LogP contribution >= 0.6 is 11.8 Å². The number of nitrogens with zero attached hydrogens (tertiary/aromatic N) is 3. The van der Waals surface area contributed by atoms with Crippen LogP contribution in [-0.4, -0.2) is 34.8 Å². The van der Waals surface area contributed by atoms with Gasteiger partial charge in [-0.05, 0) is 23.8 Å². The fourth-order valence-electron chi connectivity index (χ4n) is 3.58. The number of thioether (sulfide) groups is 1. The molecule has 2 N–H and O–H groups in total. The molecule has 2 aliphatic rings. The van der Waals surface area contributed by atoms with Gasteiger partial charge in [-0.2, -0.15) is 5.26 Å². The molecule has 2 aromatic rings. The van der Waals surface area contributed by atoms with Crippen LogP contribution in [0.1, 0.15) is 17.5 Å². The van der Waals surface area contributed by atoms with Gasteiger partial charge in [-0.25, -0.2) is 13.8 Å². The molecule has 0 aliphatic carbocycles. The van der Waals surface area contributed by atoms with E-state index in [4.69, 9.17) is 15.7 Å². The molecular weight excluding hydrogens is 370 g/mol. The van der Waals surface area contributed by atoms with Gasteiger partial charge in [0.05, 0.1) is 12.2 Å². The molecule has 0 unspecified atom stereocenters. The standard InChI is InChI=1S/C19H16F2N4OS/c20-16-2-1-13(14-5-12(7-22)8-24-9-14)6-15(16)19-10-26-4-3-18(19,21)11-27-17(23)25-19/h1-2,5-6,8-9H,3-4,10-11H2,(H2,23,25)/t18-,19-/m1/s1. The van der Waals surface area contributed by atoms with Gasteiger partial charge in [0.2, 0.25) is 0 Å². The predicted molar refractivity (Wildman–Crippen MR) is 99.4 cm³/mol. The molecule has 2 aliphatic heterocycles. The second kappa shape index (κ2) is 6.59. The normalized spacial score (nSPS) is 27.4. The van der Waals surface area contributed by atoms with E-state index < -0.39 is 17.0 Å². The van der Waals surface area contributed by atoms with Gasteiger partial charge in [-0.3, -0.25) is 4.98 Å². The summed E-state index contributed by atoms with van der Waals surface area (Å²) in [6.45, 7) is 0.172. The zero-order chi connectivity index (χ0) is 19.1. The number of aliphatic imine (C=N–C) groups is 1. The quantitative estimate of drug-likeness (QED) is 0.857. The van der Waals surface area contributed by atoms with Gasteiger partial charge >= 0.3 is 0 Å². The van der Waals surface area contributed by atoms with E-state index in [2.05, 4.69) is 9.98 Å². The van der Waals surface area contributed by atoms with Crippen LogP contribution in [0.15, 0.2) is 41.7 Å². The van der Waals surface area contributed by atoms with Crippen LogP contribution in [0.2, 0.25) is 0 Å². The molecule has 0 amide bonds. The highest BCUT2D eigenvalue weighted by Gasteiger charge is 2.59. The van der Waals surface area contributed by atoms with Crippen molar-refractivity contribution < 1.29 is 13.5 Å². The van der Waals surface area contributed by atoms with E-state index in [1.165, 1.54) is 12.3 Å². The summed E-state index contributed by atoms with van der Waals surface area (Å²) in [5.41, 5.74) is 4.33. The Balaban J connectivity index is 1.90. The van der Waals surface area contributed by atoms with E-state index in [9.17, 15) is 4.39 Å². The zero-order valence-corrected chi connectivity index (χ0v) is 15.1. The lowest BCUT2D eigenvalue weighted by Gasteiger charge is -2.48. The lowest BCUT2D eigenvalue weighted by Crippen LogP contribution is -2.59. The van der Waals surface area contributed by atoms with Crippen molar-refractivity contribution in [3.05, 3.63) is 53.6 Å². The summed E-state index contributed by atoms with van der Waals surface area (Å²) in [5.74, 6) is -0.472.